The summed E-state index contributed by atoms with van der Waals surface area (Å²) >= 11 is 12.4. The molecule has 0 aliphatic heterocycles. The first-order valence-electron chi connectivity index (χ1n) is 10.3. The number of rotatable bonds is 6. The Morgan fingerprint density at radius 2 is 1.70 bits per heavy atom. The van der Waals surface area contributed by atoms with Crippen LogP contribution in [0.1, 0.15) is 48.3 Å². The Kier molecular flexibility index (Phi) is 7.47. The summed E-state index contributed by atoms with van der Waals surface area (Å²) in [5.74, 6) is -1.86. The van der Waals surface area contributed by atoms with Gasteiger partial charge in [0, 0.05) is 34.3 Å². The molecule has 0 aromatic heterocycles. The number of alkyl carbamates (subject to hydrolysis) is 1. The fourth-order valence-corrected chi connectivity index (χ4v) is 3.97. The second-order valence-electron chi connectivity index (χ2n) is 8.45. The van der Waals surface area contributed by atoms with E-state index in [0.717, 1.165) is 0 Å². The number of carbonyl (C=O) groups excluding carboxylic acids is 3. The predicted molar refractivity (Wildman–Crippen MR) is 127 cm³/mol. The van der Waals surface area contributed by atoms with E-state index in [4.69, 9.17) is 27.9 Å². The lowest BCUT2D eigenvalue weighted by atomic mass is 9.83. The van der Waals surface area contributed by atoms with Gasteiger partial charge in [-0.1, -0.05) is 53.5 Å². The van der Waals surface area contributed by atoms with Crippen LogP contribution < -0.4 is 10.6 Å². The average molecular weight is 491 g/mol. The molecule has 0 radical (unpaired) electrons. The van der Waals surface area contributed by atoms with E-state index in [1.807, 2.05) is 0 Å². The third-order valence-electron chi connectivity index (χ3n) is 4.84. The van der Waals surface area contributed by atoms with Gasteiger partial charge in [-0.15, -0.1) is 0 Å². The number of ketones is 2. The topological polar surface area (TPSA) is 105 Å². The maximum absolute atomic E-state index is 13.0. The number of ether oxygens (including phenoxy) is 1. The molecule has 3 rings (SSSR count). The van der Waals surface area contributed by atoms with Crippen LogP contribution in [0.5, 0.6) is 0 Å². The maximum atomic E-state index is 13.0. The van der Waals surface area contributed by atoms with Crippen LogP contribution in [0.3, 0.4) is 0 Å². The Hall–Kier alpha value is -2.87. The average Bonchev–Trinajstić information content (AvgIpc) is 2.73. The highest BCUT2D eigenvalue weighted by molar-refractivity contribution is 6.52. The van der Waals surface area contributed by atoms with Gasteiger partial charge in [-0.25, -0.2) is 4.79 Å². The molecular formula is C24H24Cl2N2O5. The highest BCUT2D eigenvalue weighted by Gasteiger charge is 2.38. The molecule has 1 amide bonds. The number of aliphatic hydroxyl groups excluding tert-OH is 1. The summed E-state index contributed by atoms with van der Waals surface area (Å²) in [6.07, 6.45) is -0.592. The van der Waals surface area contributed by atoms with Crippen molar-refractivity contribution in [3.63, 3.8) is 0 Å². The lowest BCUT2D eigenvalue weighted by Gasteiger charge is -2.27. The van der Waals surface area contributed by atoms with Crippen LogP contribution in [0.25, 0.3) is 5.76 Å². The molecule has 0 heterocycles. The fraction of sp³-hybridized carbons (Fsp3) is 0.292. The minimum Gasteiger partial charge on any atom is -0.507 e. The Morgan fingerprint density at radius 3 is 2.33 bits per heavy atom. The van der Waals surface area contributed by atoms with Crippen LogP contribution >= 0.6 is 23.2 Å². The largest absolute Gasteiger partial charge is 0.507 e. The first-order chi connectivity index (χ1) is 15.5. The van der Waals surface area contributed by atoms with Gasteiger partial charge in [0.25, 0.3) is 0 Å². The summed E-state index contributed by atoms with van der Waals surface area (Å²) in [7, 11) is 0. The van der Waals surface area contributed by atoms with Gasteiger partial charge in [-0.2, -0.15) is 0 Å². The van der Waals surface area contributed by atoms with Crippen molar-refractivity contribution >= 4 is 46.6 Å². The Morgan fingerprint density at radius 1 is 1.03 bits per heavy atom. The third kappa shape index (κ3) is 5.74. The molecule has 2 aromatic rings. The van der Waals surface area contributed by atoms with E-state index in [9.17, 15) is 19.5 Å². The number of benzene rings is 2. The molecule has 0 bridgehead atoms. The monoisotopic (exact) mass is 490 g/mol. The zero-order valence-electron chi connectivity index (χ0n) is 18.4. The molecule has 0 spiro atoms. The van der Waals surface area contributed by atoms with Gasteiger partial charge >= 0.3 is 6.09 Å². The molecule has 1 unspecified atom stereocenters. The van der Waals surface area contributed by atoms with E-state index in [1.165, 1.54) is 12.1 Å². The standard InChI is InChI=1S/C24H24Cl2N2O5/c1-24(2,3)33-23(32)28-11-10-27-19(16-9-8-13(25)12-17(16)26)18-20(29)14-6-4-5-7-15(14)21(30)22(18)31/h4-9,12,19,27,29H,10-11H2,1-3H3,(H,28,32). The second-order valence-corrected chi connectivity index (χ2v) is 9.29. The molecule has 174 valence electrons. The molecule has 0 saturated carbocycles. The van der Waals surface area contributed by atoms with Crippen LogP contribution in [0.15, 0.2) is 48.0 Å². The highest BCUT2D eigenvalue weighted by atomic mass is 35.5. The Labute approximate surface area is 201 Å². The van der Waals surface area contributed by atoms with Gasteiger partial charge in [-0.3, -0.25) is 9.59 Å². The van der Waals surface area contributed by atoms with Crippen molar-refractivity contribution in [2.24, 2.45) is 0 Å². The molecule has 0 fully saturated rings. The number of aliphatic hydroxyl groups is 1. The second kappa shape index (κ2) is 9.95. The summed E-state index contributed by atoms with van der Waals surface area (Å²) in [6, 6.07) is 10.1. The molecule has 2 aromatic carbocycles. The molecule has 1 aliphatic rings. The van der Waals surface area contributed by atoms with Crippen molar-refractivity contribution in [2.45, 2.75) is 32.4 Å². The van der Waals surface area contributed by atoms with Crippen LogP contribution in [-0.4, -0.2) is 41.5 Å². The third-order valence-corrected chi connectivity index (χ3v) is 5.40. The number of amides is 1. The number of carbonyl (C=O) groups is 3. The highest BCUT2D eigenvalue weighted by Crippen LogP contribution is 2.37. The molecule has 9 heteroatoms. The van der Waals surface area contributed by atoms with Crippen LogP contribution in [0.4, 0.5) is 4.79 Å². The quantitative estimate of drug-likeness (QED) is 0.393. The van der Waals surface area contributed by atoms with Crippen molar-refractivity contribution < 1.29 is 24.2 Å². The van der Waals surface area contributed by atoms with Crippen LogP contribution in [0.2, 0.25) is 10.0 Å². The van der Waals surface area contributed by atoms with Gasteiger partial charge in [0.2, 0.25) is 11.6 Å². The van der Waals surface area contributed by atoms with Crippen molar-refractivity contribution in [1.29, 1.82) is 0 Å². The number of halogens is 2. The van der Waals surface area contributed by atoms with Gasteiger partial charge in [-0.05, 0) is 38.5 Å². The minimum absolute atomic E-state index is 0.125. The predicted octanol–water partition coefficient (Wildman–Crippen LogP) is 4.88. The van der Waals surface area contributed by atoms with Crippen LogP contribution in [0, 0.1) is 0 Å². The zero-order chi connectivity index (χ0) is 24.3. The van der Waals surface area contributed by atoms with E-state index in [2.05, 4.69) is 10.6 Å². The minimum atomic E-state index is -0.931. The van der Waals surface area contributed by atoms with Crippen molar-refractivity contribution in [3.8, 4) is 0 Å². The Bertz CT molecular complexity index is 1140. The van der Waals surface area contributed by atoms with Gasteiger partial charge < -0.3 is 20.5 Å². The summed E-state index contributed by atoms with van der Waals surface area (Å²) in [5.41, 5.74) is 0.0771. The van der Waals surface area contributed by atoms with Crippen molar-refractivity contribution in [1.82, 2.24) is 10.6 Å². The lowest BCUT2D eigenvalue weighted by Crippen LogP contribution is -2.39. The lowest BCUT2D eigenvalue weighted by molar-refractivity contribution is -0.112. The number of hydrogen-bond donors (Lipinski definition) is 3. The van der Waals surface area contributed by atoms with E-state index in [0.29, 0.717) is 10.6 Å². The molecule has 33 heavy (non-hydrogen) atoms. The summed E-state index contributed by atoms with van der Waals surface area (Å²) in [4.78, 5) is 37.7. The van der Waals surface area contributed by atoms with Gasteiger partial charge in [0.1, 0.15) is 11.4 Å². The summed E-state index contributed by atoms with van der Waals surface area (Å²) in [6.45, 7) is 5.60. The summed E-state index contributed by atoms with van der Waals surface area (Å²) in [5, 5.41) is 17.3. The normalized spacial score (nSPS) is 14.7. The number of Topliss-reactive ketones (excluding diaryl/α,β-unsaturated/α-hetero) is 2. The first-order valence-corrected chi connectivity index (χ1v) is 11.0. The molecule has 3 N–H and O–H groups in total. The van der Waals surface area contributed by atoms with Gasteiger partial charge in [0.15, 0.2) is 0 Å². The molecule has 7 nitrogen and oxygen atoms in total. The van der Waals surface area contributed by atoms with Gasteiger partial charge in [0.05, 0.1) is 11.6 Å². The number of nitrogens with one attached hydrogen (secondary N) is 2. The molecular weight excluding hydrogens is 467 g/mol. The van der Waals surface area contributed by atoms with Crippen molar-refractivity contribution in [3.05, 3.63) is 74.8 Å². The maximum Gasteiger partial charge on any atom is 0.407 e. The van der Waals surface area contributed by atoms with Crippen molar-refractivity contribution in [2.75, 3.05) is 13.1 Å². The number of fused-ring (bicyclic) bond motifs is 1. The van der Waals surface area contributed by atoms with Crippen LogP contribution in [-0.2, 0) is 9.53 Å². The SMILES string of the molecule is CC(C)(C)OC(=O)NCCNC(C1=C(O)c2ccccc2C(=O)C1=O)c1ccc(Cl)cc1Cl. The van der Waals surface area contributed by atoms with E-state index in [-0.39, 0.29) is 40.6 Å². The van der Waals surface area contributed by atoms with E-state index < -0.39 is 29.3 Å². The van der Waals surface area contributed by atoms with E-state index in [1.54, 1.807) is 51.1 Å². The molecule has 1 aliphatic carbocycles. The zero-order valence-corrected chi connectivity index (χ0v) is 19.9. The Balaban J connectivity index is 1.92. The smallest absolute Gasteiger partial charge is 0.407 e. The van der Waals surface area contributed by atoms with E-state index >= 15 is 0 Å². The summed E-state index contributed by atoms with van der Waals surface area (Å²) < 4.78 is 5.20. The molecule has 1 atom stereocenters. The number of hydrogen-bond acceptors (Lipinski definition) is 6. The molecule has 0 saturated heterocycles. The fourth-order valence-electron chi connectivity index (χ4n) is 3.45. The first kappa shape index (κ1) is 24.8.